The van der Waals surface area contributed by atoms with E-state index in [0.717, 1.165) is 9.37 Å². The van der Waals surface area contributed by atoms with E-state index in [2.05, 4.69) is 9.97 Å². The Labute approximate surface area is 118 Å². The summed E-state index contributed by atoms with van der Waals surface area (Å²) in [6.07, 6.45) is 1.63. The van der Waals surface area contributed by atoms with Gasteiger partial charge in [-0.25, -0.2) is 9.97 Å². The molecular weight excluding hydrogens is 284 g/mol. The highest BCUT2D eigenvalue weighted by atomic mass is 32.2. The predicted octanol–water partition coefficient (Wildman–Crippen LogP) is 2.72. The first-order valence-electron chi connectivity index (χ1n) is 5.61. The number of carboxylic acids is 1. The molecule has 0 aliphatic rings. The van der Waals surface area contributed by atoms with Crippen LogP contribution in [0.15, 0.2) is 33.1 Å². The summed E-state index contributed by atoms with van der Waals surface area (Å²) >= 11 is 2.79. The molecule has 0 amide bonds. The highest BCUT2D eigenvalue weighted by Gasteiger charge is 2.11. The first kappa shape index (κ1) is 13.8. The normalized spacial score (nSPS) is 10.4. The Balaban J connectivity index is 2.12. The Morgan fingerprint density at radius 2 is 2.42 bits per heavy atom. The van der Waals surface area contributed by atoms with Gasteiger partial charge in [-0.1, -0.05) is 0 Å². The molecule has 0 saturated carbocycles. The lowest BCUT2D eigenvalue weighted by Crippen LogP contribution is -1.99. The average Bonchev–Trinajstić information content (AvgIpc) is 2.78. The third kappa shape index (κ3) is 3.93. The minimum absolute atomic E-state index is 0.0579. The van der Waals surface area contributed by atoms with Gasteiger partial charge < -0.3 is 9.84 Å². The molecule has 19 heavy (non-hydrogen) atoms. The maximum absolute atomic E-state index is 10.6. The number of carbonyl (C=O) groups is 1. The standard InChI is InChI=1S/C12H12N2O3S2/c1-2-17-9-4-3-5-13-11(9)19-12-14-8(7-18-12)6-10(15)16/h3-5,7H,2,6H2,1H3,(H,15,16). The van der Waals surface area contributed by atoms with Crippen LogP contribution in [0, 0.1) is 0 Å². The third-order valence-corrected chi connectivity index (χ3v) is 4.07. The first-order valence-corrected chi connectivity index (χ1v) is 7.30. The molecule has 0 atom stereocenters. The smallest absolute Gasteiger partial charge is 0.309 e. The second-order valence-electron chi connectivity index (χ2n) is 3.52. The van der Waals surface area contributed by atoms with E-state index < -0.39 is 5.97 Å². The molecule has 0 spiro atoms. The van der Waals surface area contributed by atoms with Gasteiger partial charge in [0, 0.05) is 11.6 Å². The van der Waals surface area contributed by atoms with Gasteiger partial charge in [-0.3, -0.25) is 4.79 Å². The molecule has 100 valence electrons. The average molecular weight is 296 g/mol. The highest BCUT2D eigenvalue weighted by Crippen LogP contribution is 2.34. The minimum atomic E-state index is -0.880. The van der Waals surface area contributed by atoms with Crippen LogP contribution in [0.2, 0.25) is 0 Å². The maximum atomic E-state index is 10.6. The van der Waals surface area contributed by atoms with E-state index in [9.17, 15) is 4.79 Å². The zero-order valence-corrected chi connectivity index (χ0v) is 11.8. The fourth-order valence-electron chi connectivity index (χ4n) is 1.37. The van der Waals surface area contributed by atoms with E-state index in [1.165, 1.54) is 23.1 Å². The number of aromatic nitrogens is 2. The predicted molar refractivity (Wildman–Crippen MR) is 73.0 cm³/mol. The highest BCUT2D eigenvalue weighted by molar-refractivity contribution is 8.01. The number of aliphatic carboxylic acids is 1. The summed E-state index contributed by atoms with van der Waals surface area (Å²) in [5, 5.41) is 11.2. The lowest BCUT2D eigenvalue weighted by atomic mass is 10.3. The lowest BCUT2D eigenvalue weighted by molar-refractivity contribution is -0.136. The van der Waals surface area contributed by atoms with Gasteiger partial charge in [-0.2, -0.15) is 0 Å². The molecule has 0 fully saturated rings. The van der Waals surface area contributed by atoms with Crippen molar-refractivity contribution < 1.29 is 14.6 Å². The van der Waals surface area contributed by atoms with Gasteiger partial charge in [-0.15, -0.1) is 11.3 Å². The molecule has 0 aliphatic carbocycles. The van der Waals surface area contributed by atoms with Crippen LogP contribution in [0.5, 0.6) is 5.75 Å². The topological polar surface area (TPSA) is 72.3 Å². The van der Waals surface area contributed by atoms with Crippen LogP contribution in [0.25, 0.3) is 0 Å². The summed E-state index contributed by atoms with van der Waals surface area (Å²) in [6, 6.07) is 3.66. The molecule has 0 aliphatic heterocycles. The molecule has 1 N–H and O–H groups in total. The van der Waals surface area contributed by atoms with Crippen molar-refractivity contribution in [3.05, 3.63) is 29.4 Å². The molecule has 0 radical (unpaired) electrons. The van der Waals surface area contributed by atoms with E-state index in [-0.39, 0.29) is 6.42 Å². The van der Waals surface area contributed by atoms with Crippen molar-refractivity contribution in [2.24, 2.45) is 0 Å². The quantitative estimate of drug-likeness (QED) is 0.883. The summed E-state index contributed by atoms with van der Waals surface area (Å²) in [5.41, 5.74) is 0.564. The molecule has 5 nitrogen and oxygen atoms in total. The fraction of sp³-hybridized carbons (Fsp3) is 0.250. The van der Waals surface area contributed by atoms with Crippen molar-refractivity contribution >= 4 is 29.1 Å². The van der Waals surface area contributed by atoms with E-state index in [0.29, 0.717) is 18.1 Å². The Morgan fingerprint density at radius 1 is 1.58 bits per heavy atom. The van der Waals surface area contributed by atoms with Crippen LogP contribution >= 0.6 is 23.1 Å². The first-order chi connectivity index (χ1) is 9.19. The van der Waals surface area contributed by atoms with Crippen molar-refractivity contribution in [1.82, 2.24) is 9.97 Å². The SMILES string of the molecule is CCOc1cccnc1Sc1nc(CC(=O)O)cs1. The van der Waals surface area contributed by atoms with Crippen LogP contribution in [0.1, 0.15) is 12.6 Å². The molecule has 7 heteroatoms. The molecule has 2 aromatic heterocycles. The maximum Gasteiger partial charge on any atom is 0.309 e. The Kier molecular flexibility index (Phi) is 4.75. The second-order valence-corrected chi connectivity index (χ2v) is 5.61. The van der Waals surface area contributed by atoms with Gasteiger partial charge in [0.1, 0.15) is 5.03 Å². The second kappa shape index (κ2) is 6.53. The summed E-state index contributed by atoms with van der Waals surface area (Å²) in [6.45, 7) is 2.48. The van der Waals surface area contributed by atoms with Crippen LogP contribution in [0.4, 0.5) is 0 Å². The van der Waals surface area contributed by atoms with Crippen molar-refractivity contribution in [1.29, 1.82) is 0 Å². The largest absolute Gasteiger partial charge is 0.491 e. The van der Waals surface area contributed by atoms with Gasteiger partial charge >= 0.3 is 5.97 Å². The van der Waals surface area contributed by atoms with Crippen molar-refractivity contribution in [2.75, 3.05) is 6.61 Å². The monoisotopic (exact) mass is 296 g/mol. The van der Waals surface area contributed by atoms with Crippen LogP contribution in [-0.4, -0.2) is 27.7 Å². The molecular formula is C12H12N2O3S2. The van der Waals surface area contributed by atoms with Crippen molar-refractivity contribution in [2.45, 2.75) is 22.7 Å². The Hall–Kier alpha value is -1.60. The number of hydrogen-bond acceptors (Lipinski definition) is 6. The molecule has 0 unspecified atom stereocenters. The zero-order chi connectivity index (χ0) is 13.7. The number of thiazole rings is 1. The number of hydrogen-bond donors (Lipinski definition) is 1. The minimum Gasteiger partial charge on any atom is -0.491 e. The summed E-state index contributed by atoms with van der Waals surface area (Å²) in [7, 11) is 0. The number of carboxylic acid groups (broad SMARTS) is 1. The van der Waals surface area contributed by atoms with E-state index in [1.54, 1.807) is 11.6 Å². The Bertz CT molecular complexity index is 572. The van der Waals surface area contributed by atoms with Crippen molar-refractivity contribution in [3.63, 3.8) is 0 Å². The van der Waals surface area contributed by atoms with Gasteiger partial charge in [-0.05, 0) is 30.8 Å². The summed E-state index contributed by atoms with van der Waals surface area (Å²) in [4.78, 5) is 19.1. The van der Waals surface area contributed by atoms with Crippen LogP contribution < -0.4 is 4.74 Å². The molecule has 2 heterocycles. The van der Waals surface area contributed by atoms with E-state index in [4.69, 9.17) is 9.84 Å². The third-order valence-electron chi connectivity index (χ3n) is 2.08. The van der Waals surface area contributed by atoms with Crippen LogP contribution in [0.3, 0.4) is 0 Å². The Morgan fingerprint density at radius 3 is 3.16 bits per heavy atom. The molecule has 0 bridgehead atoms. The number of rotatable bonds is 6. The van der Waals surface area contributed by atoms with E-state index >= 15 is 0 Å². The van der Waals surface area contributed by atoms with Gasteiger partial charge in [0.2, 0.25) is 0 Å². The van der Waals surface area contributed by atoms with Crippen LogP contribution in [-0.2, 0) is 11.2 Å². The molecule has 2 aromatic rings. The molecule has 0 saturated heterocycles. The van der Waals surface area contributed by atoms with E-state index in [1.807, 2.05) is 19.1 Å². The molecule has 0 aromatic carbocycles. The number of nitrogens with zero attached hydrogens (tertiary/aromatic N) is 2. The van der Waals surface area contributed by atoms with Gasteiger partial charge in [0.15, 0.2) is 10.1 Å². The summed E-state index contributed by atoms with van der Waals surface area (Å²) < 4.78 is 6.24. The number of ether oxygens (including phenoxy) is 1. The van der Waals surface area contributed by atoms with Gasteiger partial charge in [0.05, 0.1) is 18.7 Å². The van der Waals surface area contributed by atoms with Crippen molar-refractivity contribution in [3.8, 4) is 5.75 Å². The summed E-state index contributed by atoms with van der Waals surface area (Å²) in [5.74, 6) is -0.167. The van der Waals surface area contributed by atoms with Gasteiger partial charge in [0.25, 0.3) is 0 Å². The zero-order valence-electron chi connectivity index (χ0n) is 10.2. The lowest BCUT2D eigenvalue weighted by Gasteiger charge is -2.06. The molecule has 2 rings (SSSR count). The number of pyridine rings is 1. The fourth-order valence-corrected chi connectivity index (χ4v) is 3.16.